The van der Waals surface area contributed by atoms with E-state index in [9.17, 15) is 0 Å². The van der Waals surface area contributed by atoms with Crippen molar-refractivity contribution in [3.63, 3.8) is 0 Å². The van der Waals surface area contributed by atoms with Crippen LogP contribution in [0.2, 0.25) is 0 Å². The van der Waals surface area contributed by atoms with E-state index >= 15 is 0 Å². The molecule has 1 N–H and O–H groups in total. The van der Waals surface area contributed by atoms with Crippen molar-refractivity contribution in [1.82, 2.24) is 4.98 Å². The lowest BCUT2D eigenvalue weighted by atomic mass is 9.94. The monoisotopic (exact) mass is 207 g/mol. The van der Waals surface area contributed by atoms with Gasteiger partial charge in [-0.1, -0.05) is 46.5 Å². The lowest BCUT2D eigenvalue weighted by Crippen LogP contribution is -2.03. The van der Waals surface area contributed by atoms with Crippen LogP contribution < -0.4 is 0 Å². The van der Waals surface area contributed by atoms with Crippen LogP contribution in [0.1, 0.15) is 57.8 Å². The number of aromatic amines is 1. The van der Waals surface area contributed by atoms with E-state index in [4.69, 9.17) is 0 Å². The van der Waals surface area contributed by atoms with Crippen molar-refractivity contribution in [2.75, 3.05) is 0 Å². The van der Waals surface area contributed by atoms with Crippen molar-refractivity contribution < 1.29 is 0 Å². The Balaban J connectivity index is 2.43. The van der Waals surface area contributed by atoms with Gasteiger partial charge in [0, 0.05) is 11.4 Å². The van der Waals surface area contributed by atoms with Gasteiger partial charge in [0.25, 0.3) is 0 Å². The lowest BCUT2D eigenvalue weighted by Gasteiger charge is -2.13. The lowest BCUT2D eigenvalue weighted by molar-refractivity contribution is 0.445. The zero-order chi connectivity index (χ0) is 11.1. The molecule has 0 aliphatic carbocycles. The molecular formula is C14H25N. The standard InChI is InChI=1S/C14H25N/c1-4-7-8-12(5-2)11-14-10-9-13(6-3)15-14/h9-10,12,15H,4-8,11H2,1-3H3. The summed E-state index contributed by atoms with van der Waals surface area (Å²) in [7, 11) is 0. The fourth-order valence-electron chi connectivity index (χ4n) is 2.07. The number of aryl methyl sites for hydroxylation is 1. The van der Waals surface area contributed by atoms with Crippen molar-refractivity contribution in [2.24, 2.45) is 5.92 Å². The van der Waals surface area contributed by atoms with Crippen LogP contribution in [-0.4, -0.2) is 4.98 Å². The van der Waals surface area contributed by atoms with Gasteiger partial charge in [0.05, 0.1) is 0 Å². The van der Waals surface area contributed by atoms with Gasteiger partial charge in [-0.2, -0.15) is 0 Å². The summed E-state index contributed by atoms with van der Waals surface area (Å²) in [6.45, 7) is 6.78. The highest BCUT2D eigenvalue weighted by Crippen LogP contribution is 2.18. The minimum atomic E-state index is 0.869. The number of hydrogen-bond donors (Lipinski definition) is 1. The van der Waals surface area contributed by atoms with Gasteiger partial charge in [0.15, 0.2) is 0 Å². The minimum absolute atomic E-state index is 0.869. The molecular weight excluding hydrogens is 182 g/mol. The molecule has 0 saturated heterocycles. The molecule has 0 fully saturated rings. The van der Waals surface area contributed by atoms with Crippen LogP contribution in [0.5, 0.6) is 0 Å². The molecule has 0 radical (unpaired) electrons. The van der Waals surface area contributed by atoms with Crippen LogP contribution in [0.15, 0.2) is 12.1 Å². The number of aromatic nitrogens is 1. The van der Waals surface area contributed by atoms with E-state index in [0.717, 1.165) is 12.3 Å². The quantitative estimate of drug-likeness (QED) is 0.684. The van der Waals surface area contributed by atoms with E-state index in [1.807, 2.05) is 0 Å². The van der Waals surface area contributed by atoms with Crippen molar-refractivity contribution >= 4 is 0 Å². The molecule has 1 nitrogen and oxygen atoms in total. The first-order valence-corrected chi connectivity index (χ1v) is 6.46. The first-order valence-electron chi connectivity index (χ1n) is 6.46. The summed E-state index contributed by atoms with van der Waals surface area (Å²) in [5, 5.41) is 0. The van der Waals surface area contributed by atoms with Gasteiger partial charge in [0.2, 0.25) is 0 Å². The maximum atomic E-state index is 3.50. The Morgan fingerprint density at radius 2 is 1.87 bits per heavy atom. The van der Waals surface area contributed by atoms with E-state index < -0.39 is 0 Å². The zero-order valence-corrected chi connectivity index (χ0v) is 10.5. The summed E-state index contributed by atoms with van der Waals surface area (Å²) in [5.74, 6) is 0.869. The fraction of sp³-hybridized carbons (Fsp3) is 0.714. The van der Waals surface area contributed by atoms with Gasteiger partial charge in [-0.15, -0.1) is 0 Å². The van der Waals surface area contributed by atoms with E-state index in [1.54, 1.807) is 0 Å². The molecule has 1 rings (SSSR count). The summed E-state index contributed by atoms with van der Waals surface area (Å²) in [5.41, 5.74) is 2.80. The Kier molecular flexibility index (Phi) is 5.52. The highest BCUT2D eigenvalue weighted by molar-refractivity contribution is 5.13. The molecule has 1 heterocycles. The largest absolute Gasteiger partial charge is 0.362 e. The Bertz CT molecular complexity index is 262. The van der Waals surface area contributed by atoms with Gasteiger partial charge < -0.3 is 4.98 Å². The van der Waals surface area contributed by atoms with Gasteiger partial charge in [-0.25, -0.2) is 0 Å². The molecule has 0 bridgehead atoms. The van der Waals surface area contributed by atoms with Crippen LogP contribution in [-0.2, 0) is 12.8 Å². The van der Waals surface area contributed by atoms with E-state index in [1.165, 1.54) is 43.5 Å². The molecule has 1 unspecified atom stereocenters. The highest BCUT2D eigenvalue weighted by atomic mass is 14.7. The third-order valence-corrected chi connectivity index (χ3v) is 3.24. The van der Waals surface area contributed by atoms with E-state index in [2.05, 4.69) is 37.9 Å². The van der Waals surface area contributed by atoms with Crippen molar-refractivity contribution in [3.8, 4) is 0 Å². The number of rotatable bonds is 7. The SMILES string of the molecule is CCCCC(CC)Cc1ccc(CC)[nH]1. The smallest absolute Gasteiger partial charge is 0.0152 e. The first-order chi connectivity index (χ1) is 7.30. The molecule has 1 heteroatoms. The van der Waals surface area contributed by atoms with Crippen LogP contribution >= 0.6 is 0 Å². The summed E-state index contributed by atoms with van der Waals surface area (Å²) in [4.78, 5) is 3.50. The average Bonchev–Trinajstić information content (AvgIpc) is 2.71. The van der Waals surface area contributed by atoms with Crippen molar-refractivity contribution in [2.45, 2.75) is 59.3 Å². The van der Waals surface area contributed by atoms with Gasteiger partial charge in [-0.05, 0) is 30.9 Å². The molecule has 0 aliphatic heterocycles. The second-order valence-corrected chi connectivity index (χ2v) is 4.48. The van der Waals surface area contributed by atoms with E-state index in [-0.39, 0.29) is 0 Å². The summed E-state index contributed by atoms with van der Waals surface area (Å²) in [6.07, 6.45) is 7.73. The molecule has 0 aliphatic rings. The average molecular weight is 207 g/mol. The highest BCUT2D eigenvalue weighted by Gasteiger charge is 2.08. The molecule has 15 heavy (non-hydrogen) atoms. The number of H-pyrrole nitrogens is 1. The molecule has 0 amide bonds. The maximum Gasteiger partial charge on any atom is 0.0152 e. The van der Waals surface area contributed by atoms with Crippen LogP contribution in [0, 0.1) is 5.92 Å². The van der Waals surface area contributed by atoms with E-state index in [0.29, 0.717) is 0 Å². The predicted octanol–water partition coefficient (Wildman–Crippen LogP) is 4.34. The Labute approximate surface area is 94.3 Å². The summed E-state index contributed by atoms with van der Waals surface area (Å²) in [6, 6.07) is 4.48. The third-order valence-electron chi connectivity index (χ3n) is 3.24. The molecule has 86 valence electrons. The molecule has 0 aromatic carbocycles. The number of nitrogens with one attached hydrogen (secondary N) is 1. The predicted molar refractivity (Wildman–Crippen MR) is 67.2 cm³/mol. The fourth-order valence-corrected chi connectivity index (χ4v) is 2.07. The number of unbranched alkanes of at least 4 members (excludes halogenated alkanes) is 1. The zero-order valence-electron chi connectivity index (χ0n) is 10.5. The second-order valence-electron chi connectivity index (χ2n) is 4.48. The molecule has 1 aromatic rings. The third kappa shape index (κ3) is 4.11. The topological polar surface area (TPSA) is 15.8 Å². The summed E-state index contributed by atoms with van der Waals surface area (Å²) >= 11 is 0. The molecule has 0 spiro atoms. The molecule has 0 saturated carbocycles. The Morgan fingerprint density at radius 1 is 1.13 bits per heavy atom. The molecule has 1 atom stereocenters. The Morgan fingerprint density at radius 3 is 2.40 bits per heavy atom. The van der Waals surface area contributed by atoms with Gasteiger partial charge >= 0.3 is 0 Å². The van der Waals surface area contributed by atoms with Crippen LogP contribution in [0.4, 0.5) is 0 Å². The van der Waals surface area contributed by atoms with Crippen molar-refractivity contribution in [3.05, 3.63) is 23.5 Å². The summed E-state index contributed by atoms with van der Waals surface area (Å²) < 4.78 is 0. The maximum absolute atomic E-state index is 3.50. The van der Waals surface area contributed by atoms with Gasteiger partial charge in [-0.3, -0.25) is 0 Å². The minimum Gasteiger partial charge on any atom is -0.362 e. The van der Waals surface area contributed by atoms with Crippen LogP contribution in [0.25, 0.3) is 0 Å². The van der Waals surface area contributed by atoms with Crippen molar-refractivity contribution in [1.29, 1.82) is 0 Å². The normalized spacial score (nSPS) is 13.0. The molecule has 1 aromatic heterocycles. The number of hydrogen-bond acceptors (Lipinski definition) is 0. The Hall–Kier alpha value is -0.720. The first kappa shape index (κ1) is 12.4. The van der Waals surface area contributed by atoms with Gasteiger partial charge in [0.1, 0.15) is 0 Å². The van der Waals surface area contributed by atoms with Crippen LogP contribution in [0.3, 0.4) is 0 Å². The second kappa shape index (κ2) is 6.71.